The van der Waals surface area contributed by atoms with Crippen LogP contribution in [0, 0.1) is 12.7 Å². The summed E-state index contributed by atoms with van der Waals surface area (Å²) in [5.74, 6) is 0.758. The molecular formula is C20H26Cl2FN5O. The molecule has 1 fully saturated rings. The minimum absolute atomic E-state index is 0. The predicted molar refractivity (Wildman–Crippen MR) is 117 cm³/mol. The van der Waals surface area contributed by atoms with Crippen molar-refractivity contribution in [2.24, 2.45) is 0 Å². The number of anilines is 2. The van der Waals surface area contributed by atoms with E-state index in [1.54, 1.807) is 0 Å². The zero-order valence-electron chi connectivity index (χ0n) is 16.7. The molecule has 2 aromatic rings. The molecule has 0 atom stereocenters. The number of rotatable bonds is 5. The summed E-state index contributed by atoms with van der Waals surface area (Å²) in [7, 11) is 3.83. The van der Waals surface area contributed by atoms with Gasteiger partial charge >= 0.3 is 0 Å². The first-order valence-electron chi connectivity index (χ1n) is 9.37. The monoisotopic (exact) mass is 441 g/mol. The van der Waals surface area contributed by atoms with Crippen molar-refractivity contribution in [2.45, 2.75) is 44.7 Å². The van der Waals surface area contributed by atoms with Gasteiger partial charge in [0.1, 0.15) is 11.6 Å². The molecule has 6 nitrogen and oxygen atoms in total. The second-order valence-corrected chi connectivity index (χ2v) is 7.79. The van der Waals surface area contributed by atoms with Gasteiger partial charge in [-0.05, 0) is 50.8 Å². The van der Waals surface area contributed by atoms with Gasteiger partial charge in [0.2, 0.25) is 5.95 Å². The quantitative estimate of drug-likeness (QED) is 0.726. The van der Waals surface area contributed by atoms with Crippen LogP contribution in [-0.4, -0.2) is 42.1 Å². The van der Waals surface area contributed by atoms with E-state index >= 15 is 0 Å². The number of nitrogens with one attached hydrogen (secondary N) is 2. The predicted octanol–water partition coefficient (Wildman–Crippen LogP) is 4.22. The lowest BCUT2D eigenvalue weighted by atomic mass is 9.91. The van der Waals surface area contributed by atoms with E-state index in [1.807, 2.05) is 32.0 Å². The Morgan fingerprint density at radius 3 is 2.41 bits per heavy atom. The second-order valence-electron chi connectivity index (χ2n) is 7.38. The van der Waals surface area contributed by atoms with E-state index in [9.17, 15) is 9.18 Å². The van der Waals surface area contributed by atoms with Gasteiger partial charge in [0.05, 0.1) is 5.02 Å². The van der Waals surface area contributed by atoms with Crippen LogP contribution in [0.4, 0.5) is 16.2 Å². The fourth-order valence-corrected chi connectivity index (χ4v) is 3.50. The Balaban J connectivity index is 0.00000300. The molecule has 1 saturated carbocycles. The number of carbonyl (C=O) groups excluding carboxylic acids is 1. The Labute approximate surface area is 181 Å². The van der Waals surface area contributed by atoms with Crippen LogP contribution in [0.2, 0.25) is 5.02 Å². The molecule has 1 heterocycles. The summed E-state index contributed by atoms with van der Waals surface area (Å²) in [5, 5.41) is 6.46. The van der Waals surface area contributed by atoms with Gasteiger partial charge in [-0.3, -0.25) is 4.79 Å². The van der Waals surface area contributed by atoms with Crippen LogP contribution < -0.4 is 15.5 Å². The molecule has 1 aliphatic carbocycles. The molecule has 0 saturated heterocycles. The summed E-state index contributed by atoms with van der Waals surface area (Å²) in [4.78, 5) is 23.2. The summed E-state index contributed by atoms with van der Waals surface area (Å²) < 4.78 is 13.3. The molecule has 29 heavy (non-hydrogen) atoms. The maximum Gasteiger partial charge on any atom is 0.251 e. The normalized spacial score (nSPS) is 18.5. The molecular weight excluding hydrogens is 416 g/mol. The van der Waals surface area contributed by atoms with Crippen molar-refractivity contribution in [1.29, 1.82) is 0 Å². The standard InChI is InChI=1S/C20H25ClFN5O.ClH/c1-12-10-18(26-20(23-12)27(2)3)24-14-5-7-15(8-6-14)25-19(28)13-4-9-17(22)16(21)11-13;/h4,9-11,14-15H,5-8H2,1-3H3,(H,25,28)(H,23,24,26);1H/t14-,15+;. The molecule has 3 rings (SSSR count). The van der Waals surface area contributed by atoms with E-state index in [0.29, 0.717) is 17.6 Å². The lowest BCUT2D eigenvalue weighted by Gasteiger charge is -2.30. The average Bonchev–Trinajstić information content (AvgIpc) is 2.65. The molecule has 158 valence electrons. The van der Waals surface area contributed by atoms with Gasteiger partial charge in [0, 0.05) is 43.5 Å². The average molecular weight is 442 g/mol. The van der Waals surface area contributed by atoms with Crippen molar-refractivity contribution in [3.63, 3.8) is 0 Å². The highest BCUT2D eigenvalue weighted by molar-refractivity contribution is 6.31. The molecule has 9 heteroatoms. The second kappa shape index (κ2) is 10.1. The lowest BCUT2D eigenvalue weighted by Crippen LogP contribution is -2.40. The first-order valence-corrected chi connectivity index (χ1v) is 9.75. The zero-order valence-corrected chi connectivity index (χ0v) is 18.3. The van der Waals surface area contributed by atoms with E-state index < -0.39 is 5.82 Å². The summed E-state index contributed by atoms with van der Waals surface area (Å²) in [6, 6.07) is 6.36. The summed E-state index contributed by atoms with van der Waals surface area (Å²) in [5.41, 5.74) is 1.29. The Morgan fingerprint density at radius 1 is 1.14 bits per heavy atom. The van der Waals surface area contributed by atoms with Crippen molar-refractivity contribution in [1.82, 2.24) is 15.3 Å². The van der Waals surface area contributed by atoms with E-state index in [-0.39, 0.29) is 29.4 Å². The van der Waals surface area contributed by atoms with E-state index in [1.165, 1.54) is 18.2 Å². The van der Waals surface area contributed by atoms with Crippen LogP contribution in [0.25, 0.3) is 0 Å². The topological polar surface area (TPSA) is 70.2 Å². The highest BCUT2D eigenvalue weighted by Gasteiger charge is 2.23. The molecule has 2 N–H and O–H groups in total. The number of aromatic nitrogens is 2. The van der Waals surface area contributed by atoms with Gasteiger partial charge in [-0.15, -0.1) is 12.4 Å². The fraction of sp³-hybridized carbons (Fsp3) is 0.450. The molecule has 1 aromatic carbocycles. The molecule has 1 aliphatic rings. The molecule has 1 amide bonds. The zero-order chi connectivity index (χ0) is 20.3. The van der Waals surface area contributed by atoms with Crippen LogP contribution in [0.1, 0.15) is 41.7 Å². The smallest absolute Gasteiger partial charge is 0.251 e. The number of halogens is 3. The Hall–Kier alpha value is -2.12. The van der Waals surface area contributed by atoms with Crippen molar-refractivity contribution < 1.29 is 9.18 Å². The third-order valence-corrected chi connectivity index (χ3v) is 5.13. The molecule has 1 aromatic heterocycles. The number of benzene rings is 1. The highest BCUT2D eigenvalue weighted by Crippen LogP contribution is 2.23. The highest BCUT2D eigenvalue weighted by atomic mass is 35.5. The van der Waals surface area contributed by atoms with E-state index in [2.05, 4.69) is 20.6 Å². The number of nitrogens with zero attached hydrogens (tertiary/aromatic N) is 3. The summed E-state index contributed by atoms with van der Waals surface area (Å²) in [6.07, 6.45) is 3.58. The maximum atomic E-state index is 13.3. The maximum absolute atomic E-state index is 13.3. The summed E-state index contributed by atoms with van der Waals surface area (Å²) >= 11 is 5.76. The minimum Gasteiger partial charge on any atom is -0.367 e. The largest absolute Gasteiger partial charge is 0.367 e. The van der Waals surface area contributed by atoms with E-state index in [4.69, 9.17) is 11.6 Å². The van der Waals surface area contributed by atoms with Crippen LogP contribution in [-0.2, 0) is 0 Å². The molecule has 0 aliphatic heterocycles. The number of amides is 1. The van der Waals surface area contributed by atoms with Crippen molar-refractivity contribution in [2.75, 3.05) is 24.3 Å². The third-order valence-electron chi connectivity index (χ3n) is 4.84. The van der Waals surface area contributed by atoms with Gasteiger partial charge in [-0.1, -0.05) is 11.6 Å². The molecule has 0 spiro atoms. The Bertz CT molecular complexity index is 857. The summed E-state index contributed by atoms with van der Waals surface area (Å²) in [6.45, 7) is 1.95. The van der Waals surface area contributed by atoms with Gasteiger partial charge in [0.25, 0.3) is 5.91 Å². The molecule has 0 radical (unpaired) electrons. The first-order chi connectivity index (χ1) is 13.3. The van der Waals surface area contributed by atoms with Crippen molar-refractivity contribution in [3.8, 4) is 0 Å². The van der Waals surface area contributed by atoms with Crippen molar-refractivity contribution in [3.05, 3.63) is 46.4 Å². The van der Waals surface area contributed by atoms with Crippen LogP contribution in [0.5, 0.6) is 0 Å². The Morgan fingerprint density at radius 2 is 1.79 bits per heavy atom. The lowest BCUT2D eigenvalue weighted by molar-refractivity contribution is 0.0926. The van der Waals surface area contributed by atoms with E-state index in [0.717, 1.165) is 37.2 Å². The number of hydrogen-bond acceptors (Lipinski definition) is 5. The molecule has 0 bridgehead atoms. The van der Waals surface area contributed by atoms with Crippen LogP contribution in [0.3, 0.4) is 0 Å². The first kappa shape index (κ1) is 23.2. The van der Waals surface area contributed by atoms with Crippen LogP contribution in [0.15, 0.2) is 24.3 Å². The number of aryl methyl sites for hydroxylation is 1. The van der Waals surface area contributed by atoms with Gasteiger partial charge in [-0.25, -0.2) is 9.37 Å². The Kier molecular flexibility index (Phi) is 8.05. The minimum atomic E-state index is -0.526. The van der Waals surface area contributed by atoms with Crippen LogP contribution >= 0.6 is 24.0 Å². The number of carbonyl (C=O) groups is 1. The van der Waals surface area contributed by atoms with Gasteiger partial charge in [-0.2, -0.15) is 4.98 Å². The van der Waals surface area contributed by atoms with Gasteiger partial charge in [0.15, 0.2) is 0 Å². The number of hydrogen-bond donors (Lipinski definition) is 2. The SMILES string of the molecule is Cc1cc(N[C@H]2CC[C@@H](NC(=O)c3ccc(F)c(Cl)c3)CC2)nc(N(C)C)n1.Cl. The van der Waals surface area contributed by atoms with Gasteiger partial charge < -0.3 is 15.5 Å². The molecule has 0 unspecified atom stereocenters. The third kappa shape index (κ3) is 6.18. The van der Waals surface area contributed by atoms with Crippen molar-refractivity contribution >= 4 is 41.7 Å². The fourth-order valence-electron chi connectivity index (χ4n) is 3.32.